The van der Waals surface area contributed by atoms with E-state index in [-0.39, 0.29) is 48.6 Å². The second kappa shape index (κ2) is 18.5. The SMILES string of the molecule is COc1ccc2cc1OCc1ccc3c(c(O)ccc3c1)CC#CO[C@@H](C[C@@H]1C=C(O)C(CCCO)=C[C@@H]1CCCCc1ccccc1)CC(=O)CC2. The van der Waals surface area contributed by atoms with E-state index in [4.69, 9.17) is 14.2 Å². The van der Waals surface area contributed by atoms with Crippen molar-refractivity contribution in [1.29, 1.82) is 0 Å². The van der Waals surface area contributed by atoms with E-state index in [1.54, 1.807) is 13.2 Å². The zero-order valence-electron chi connectivity index (χ0n) is 30.6. The van der Waals surface area contributed by atoms with Crippen molar-refractivity contribution in [2.75, 3.05) is 13.7 Å². The third-order valence-electron chi connectivity index (χ3n) is 10.4. The lowest BCUT2D eigenvalue weighted by Crippen LogP contribution is -2.25. The molecule has 0 amide bonds. The molecule has 0 aromatic heterocycles. The highest BCUT2D eigenvalue weighted by atomic mass is 16.5. The van der Waals surface area contributed by atoms with Gasteiger partial charge >= 0.3 is 0 Å². The molecule has 3 aliphatic rings. The molecule has 53 heavy (non-hydrogen) atoms. The maximum atomic E-state index is 13.6. The molecule has 0 radical (unpaired) electrons. The second-order valence-corrected chi connectivity index (χ2v) is 14.2. The normalized spacial score (nSPS) is 19.1. The number of methoxy groups -OCH3 is 1. The fourth-order valence-corrected chi connectivity index (χ4v) is 7.50. The number of hydrogen-bond acceptors (Lipinski definition) is 7. The van der Waals surface area contributed by atoms with Crippen molar-refractivity contribution in [2.45, 2.75) is 83.3 Å². The first-order valence-corrected chi connectivity index (χ1v) is 18.8. The number of aliphatic hydroxyl groups is 2. The first kappa shape index (κ1) is 37.6. The summed E-state index contributed by atoms with van der Waals surface area (Å²) in [6, 6.07) is 25.9. The third kappa shape index (κ3) is 10.2. The molecule has 276 valence electrons. The van der Waals surface area contributed by atoms with Gasteiger partial charge in [0.05, 0.1) is 7.11 Å². The minimum atomic E-state index is -0.497. The van der Waals surface area contributed by atoms with Crippen LogP contribution < -0.4 is 9.47 Å². The molecule has 0 saturated heterocycles. The van der Waals surface area contributed by atoms with Gasteiger partial charge < -0.3 is 29.5 Å². The summed E-state index contributed by atoms with van der Waals surface area (Å²) in [4.78, 5) is 13.6. The van der Waals surface area contributed by atoms with Crippen molar-refractivity contribution in [1.82, 2.24) is 0 Å². The van der Waals surface area contributed by atoms with Gasteiger partial charge in [-0.15, -0.1) is 0 Å². The molecule has 3 atom stereocenters. The zero-order valence-corrected chi connectivity index (χ0v) is 30.6. The molecule has 7 nitrogen and oxygen atoms in total. The summed E-state index contributed by atoms with van der Waals surface area (Å²) >= 11 is 0. The number of carbonyl (C=O) groups excluding carboxylic acids is 1. The standard InChI is InChI=1S/C46H50O7/c1-51-45-22-17-33-15-19-39(48)30-40(52-24-8-14-42-41-20-16-34(31-53-46(45)26-33)25-36(41)18-21-43(42)49)28-38-29-44(50)37(13-7-23-47)27-35(38)12-6-5-11-32-9-3-2-4-10-32/h2-4,9-10,16-18,20-22,25-27,29,35,38,40,47,49-50H,5-7,11-15,19,23,28,30-31H2,1H3/t35-,38+,40-/m0/s1. The smallest absolute Gasteiger partial charge is 0.161 e. The summed E-state index contributed by atoms with van der Waals surface area (Å²) < 4.78 is 18.0. The molecule has 7 heteroatoms. The summed E-state index contributed by atoms with van der Waals surface area (Å²) in [7, 11) is 1.61. The molecule has 2 aliphatic heterocycles. The molecule has 0 unspecified atom stereocenters. The number of fused-ring (bicyclic) bond motifs is 9. The zero-order chi connectivity index (χ0) is 37.0. The van der Waals surface area contributed by atoms with Crippen LogP contribution in [0.2, 0.25) is 0 Å². The average Bonchev–Trinajstić information content (AvgIpc) is 3.17. The predicted octanol–water partition coefficient (Wildman–Crippen LogP) is 9.12. The highest BCUT2D eigenvalue weighted by molar-refractivity contribution is 5.88. The molecule has 3 N–H and O–H groups in total. The molecule has 4 aromatic carbocycles. The number of aryl methyl sites for hydroxylation is 2. The molecule has 4 aromatic rings. The number of ether oxygens (including phenoxy) is 3. The topological polar surface area (TPSA) is 105 Å². The summed E-state index contributed by atoms with van der Waals surface area (Å²) in [5.41, 5.74) is 4.84. The van der Waals surface area contributed by atoms with Crippen LogP contribution in [-0.4, -0.2) is 40.9 Å². The number of allylic oxidation sites excluding steroid dienone is 3. The van der Waals surface area contributed by atoms with Crippen molar-refractivity contribution in [3.63, 3.8) is 0 Å². The molecular formula is C46H50O7. The number of aliphatic hydroxyl groups excluding tert-OH is 2. The molecule has 0 fully saturated rings. The van der Waals surface area contributed by atoms with Crippen LogP contribution in [0.25, 0.3) is 10.8 Å². The van der Waals surface area contributed by atoms with Crippen LogP contribution in [-0.2, 0) is 35.4 Å². The van der Waals surface area contributed by atoms with Crippen molar-refractivity contribution in [2.24, 2.45) is 11.8 Å². The Morgan fingerprint density at radius 2 is 1.72 bits per heavy atom. The van der Waals surface area contributed by atoms with E-state index in [9.17, 15) is 20.1 Å². The quantitative estimate of drug-likeness (QED) is 0.105. The Bertz CT molecular complexity index is 1980. The van der Waals surface area contributed by atoms with Crippen molar-refractivity contribution >= 4 is 16.6 Å². The Labute approximate surface area is 312 Å². The van der Waals surface area contributed by atoms with Gasteiger partial charge in [-0.3, -0.25) is 4.79 Å². The van der Waals surface area contributed by atoms with Gasteiger partial charge in [0.15, 0.2) is 11.5 Å². The Morgan fingerprint density at radius 3 is 2.55 bits per heavy atom. The molecule has 2 heterocycles. The number of ketones is 1. The molecule has 0 spiro atoms. The first-order valence-electron chi connectivity index (χ1n) is 18.8. The summed E-state index contributed by atoms with van der Waals surface area (Å²) in [5, 5.41) is 33.2. The highest BCUT2D eigenvalue weighted by Crippen LogP contribution is 2.37. The van der Waals surface area contributed by atoms with Crippen LogP contribution in [0.5, 0.6) is 17.2 Å². The fraction of sp³-hybridized carbons (Fsp3) is 0.370. The number of benzene rings is 4. The lowest BCUT2D eigenvalue weighted by molar-refractivity contribution is -0.121. The Morgan fingerprint density at radius 1 is 0.868 bits per heavy atom. The van der Waals surface area contributed by atoms with Crippen LogP contribution >= 0.6 is 0 Å². The van der Waals surface area contributed by atoms with Gasteiger partial charge in [0.1, 0.15) is 36.1 Å². The number of rotatable bonds is 11. The maximum absolute atomic E-state index is 13.6. The average molecular weight is 715 g/mol. The Balaban J connectivity index is 1.25. The van der Waals surface area contributed by atoms with E-state index in [1.165, 1.54) is 5.56 Å². The highest BCUT2D eigenvalue weighted by Gasteiger charge is 2.29. The number of Topliss-reactive ketones (excluding diaryl/α,β-unsaturated/α-hetero) is 1. The van der Waals surface area contributed by atoms with E-state index >= 15 is 0 Å². The van der Waals surface area contributed by atoms with Crippen LogP contribution in [0.4, 0.5) is 0 Å². The number of carbonyl (C=O) groups is 1. The van der Waals surface area contributed by atoms with Crippen LogP contribution in [0.15, 0.2) is 102 Å². The number of phenolic OH excluding ortho intramolecular Hbond substituents is 1. The monoisotopic (exact) mass is 714 g/mol. The summed E-state index contributed by atoms with van der Waals surface area (Å²) in [6.07, 6.45) is 13.5. The first-order chi connectivity index (χ1) is 25.9. The lowest BCUT2D eigenvalue weighted by Gasteiger charge is -2.30. The van der Waals surface area contributed by atoms with E-state index in [0.717, 1.165) is 53.2 Å². The third-order valence-corrected chi connectivity index (χ3v) is 10.4. The largest absolute Gasteiger partial charge is 0.508 e. The van der Waals surface area contributed by atoms with E-state index in [0.29, 0.717) is 55.8 Å². The Kier molecular flexibility index (Phi) is 13.1. The fourth-order valence-electron chi connectivity index (χ4n) is 7.50. The van der Waals surface area contributed by atoms with E-state index in [2.05, 4.69) is 48.4 Å². The maximum Gasteiger partial charge on any atom is 0.161 e. The van der Waals surface area contributed by atoms with Crippen molar-refractivity contribution < 1.29 is 34.3 Å². The van der Waals surface area contributed by atoms with Crippen LogP contribution in [0.3, 0.4) is 0 Å². The summed E-state index contributed by atoms with van der Waals surface area (Å²) in [5.74, 6) is 4.91. The lowest BCUT2D eigenvalue weighted by atomic mass is 9.77. The van der Waals surface area contributed by atoms with Crippen LogP contribution in [0.1, 0.15) is 73.6 Å². The van der Waals surface area contributed by atoms with Gasteiger partial charge in [0, 0.05) is 31.4 Å². The number of phenols is 1. The number of unbranched alkanes of at least 4 members (excludes halogenated alkanes) is 1. The number of hydrogen-bond donors (Lipinski definition) is 3. The van der Waals surface area contributed by atoms with E-state index in [1.807, 2.05) is 48.5 Å². The van der Waals surface area contributed by atoms with Gasteiger partial charge in [-0.1, -0.05) is 73.0 Å². The molecular weight excluding hydrogens is 664 g/mol. The molecule has 1 aliphatic carbocycles. The van der Waals surface area contributed by atoms with Crippen LogP contribution in [0, 0.1) is 23.9 Å². The molecule has 0 saturated carbocycles. The predicted molar refractivity (Wildman–Crippen MR) is 208 cm³/mol. The van der Waals surface area contributed by atoms with Gasteiger partial charge in [-0.05, 0) is 120 Å². The van der Waals surface area contributed by atoms with Gasteiger partial charge in [-0.2, -0.15) is 0 Å². The van der Waals surface area contributed by atoms with Gasteiger partial charge in [0.25, 0.3) is 0 Å². The number of aromatic hydroxyl groups is 1. The van der Waals surface area contributed by atoms with Crippen molar-refractivity contribution in [3.05, 3.63) is 125 Å². The molecule has 6 bridgehead atoms. The minimum absolute atomic E-state index is 0.0524. The van der Waals surface area contributed by atoms with Crippen molar-refractivity contribution in [3.8, 4) is 29.3 Å². The molecule has 7 rings (SSSR count). The van der Waals surface area contributed by atoms with Gasteiger partial charge in [0.2, 0.25) is 0 Å². The minimum Gasteiger partial charge on any atom is -0.508 e. The Hall–Kier alpha value is -5.19. The summed E-state index contributed by atoms with van der Waals surface area (Å²) in [6.45, 7) is 0.395. The van der Waals surface area contributed by atoms with E-state index < -0.39 is 6.10 Å². The van der Waals surface area contributed by atoms with Gasteiger partial charge in [-0.25, -0.2) is 0 Å². The second-order valence-electron chi connectivity index (χ2n) is 14.2.